The van der Waals surface area contributed by atoms with Crippen LogP contribution in [0.2, 0.25) is 0 Å². The summed E-state index contributed by atoms with van der Waals surface area (Å²) >= 11 is 0. The maximum Gasteiger partial charge on any atom is 0.270 e. The summed E-state index contributed by atoms with van der Waals surface area (Å²) < 4.78 is 29.9. The molecule has 1 N–H and O–H groups in total. The van der Waals surface area contributed by atoms with E-state index >= 15 is 0 Å². The fraction of sp³-hybridized carbons (Fsp3) is 0.333. The molecule has 1 fully saturated rings. The van der Waals surface area contributed by atoms with Crippen LogP contribution in [0.25, 0.3) is 10.9 Å². The minimum Gasteiger partial charge on any atom is -0.497 e. The lowest BCUT2D eigenvalue weighted by Crippen LogP contribution is -2.33. The minimum absolute atomic E-state index is 0.00646. The van der Waals surface area contributed by atoms with Crippen LogP contribution in [0.5, 0.6) is 5.75 Å². The third-order valence-corrected chi connectivity index (χ3v) is 6.88. The molecule has 2 heterocycles. The van der Waals surface area contributed by atoms with Gasteiger partial charge in [0.15, 0.2) is 9.84 Å². The summed E-state index contributed by atoms with van der Waals surface area (Å²) in [5.74, 6) is 1.14. The molecule has 2 aromatic carbocycles. The van der Waals surface area contributed by atoms with Crippen molar-refractivity contribution in [1.29, 1.82) is 0 Å². The van der Waals surface area contributed by atoms with E-state index in [1.165, 1.54) is 11.6 Å². The number of nitro groups is 1. The summed E-state index contributed by atoms with van der Waals surface area (Å²) in [6, 6.07) is 10.0. The summed E-state index contributed by atoms with van der Waals surface area (Å²) in [6.45, 7) is 1.34. The van der Waals surface area contributed by atoms with Gasteiger partial charge in [-0.1, -0.05) is 0 Å². The number of fused-ring (bicyclic) bond motifs is 1. The first-order valence-corrected chi connectivity index (χ1v) is 11.6. The number of hydrogen-bond donors (Lipinski definition) is 1. The fourth-order valence-corrected chi connectivity index (χ4v) is 5.10. The van der Waals surface area contributed by atoms with Crippen LogP contribution in [-0.2, 0) is 9.84 Å². The Kier molecular flexibility index (Phi) is 5.15. The molecule has 1 saturated heterocycles. The molecule has 0 amide bonds. The molecular formula is C21H23N3O5S. The Morgan fingerprint density at radius 2 is 1.90 bits per heavy atom. The van der Waals surface area contributed by atoms with Gasteiger partial charge < -0.3 is 14.6 Å². The molecule has 8 nitrogen and oxygen atoms in total. The van der Waals surface area contributed by atoms with Gasteiger partial charge in [0.2, 0.25) is 0 Å². The van der Waals surface area contributed by atoms with Crippen molar-refractivity contribution in [2.75, 3.05) is 31.4 Å². The number of non-ortho nitro benzene ring substituents is 1. The SMILES string of the molecule is COc1ccc2[nH]cc(C3CCN(c4ccc([N+](=O)[O-])cc4S(C)(=O)=O)CC3)c2c1. The number of nitro benzene ring substituents is 1. The second-order valence-electron chi connectivity index (χ2n) is 7.60. The number of sulfone groups is 1. The van der Waals surface area contributed by atoms with E-state index in [9.17, 15) is 18.5 Å². The van der Waals surface area contributed by atoms with Crippen molar-refractivity contribution in [3.8, 4) is 5.75 Å². The van der Waals surface area contributed by atoms with Gasteiger partial charge in [0.25, 0.3) is 5.69 Å². The first-order valence-electron chi connectivity index (χ1n) is 9.66. The highest BCUT2D eigenvalue weighted by Crippen LogP contribution is 2.37. The molecule has 0 bridgehead atoms. The Morgan fingerprint density at radius 1 is 1.17 bits per heavy atom. The number of piperidine rings is 1. The smallest absolute Gasteiger partial charge is 0.270 e. The highest BCUT2D eigenvalue weighted by molar-refractivity contribution is 7.90. The van der Waals surface area contributed by atoms with E-state index in [2.05, 4.69) is 4.98 Å². The summed E-state index contributed by atoms with van der Waals surface area (Å²) in [5, 5.41) is 12.2. The molecule has 4 rings (SSSR count). The number of nitrogens with zero attached hydrogens (tertiary/aromatic N) is 2. The summed E-state index contributed by atoms with van der Waals surface area (Å²) in [4.78, 5) is 15.8. The van der Waals surface area contributed by atoms with E-state index in [0.717, 1.165) is 41.8 Å². The number of rotatable bonds is 5. The predicted octanol–water partition coefficient (Wildman–Crippen LogP) is 3.87. The Balaban J connectivity index is 1.59. The summed E-state index contributed by atoms with van der Waals surface area (Å²) in [7, 11) is -1.95. The van der Waals surface area contributed by atoms with Gasteiger partial charge in [-0.15, -0.1) is 0 Å². The maximum absolute atomic E-state index is 12.3. The van der Waals surface area contributed by atoms with E-state index in [1.807, 2.05) is 29.3 Å². The Morgan fingerprint density at radius 3 is 2.53 bits per heavy atom. The number of aromatic nitrogens is 1. The molecule has 1 aromatic heterocycles. The van der Waals surface area contributed by atoms with E-state index in [4.69, 9.17) is 4.74 Å². The first kappa shape index (κ1) is 20.2. The molecule has 0 radical (unpaired) electrons. The van der Waals surface area contributed by atoms with Gasteiger partial charge in [-0.3, -0.25) is 10.1 Å². The largest absolute Gasteiger partial charge is 0.497 e. The Bertz CT molecular complexity index is 1210. The number of hydrogen-bond acceptors (Lipinski definition) is 6. The van der Waals surface area contributed by atoms with Crippen LogP contribution >= 0.6 is 0 Å². The molecule has 0 unspecified atom stereocenters. The second kappa shape index (κ2) is 7.64. The van der Waals surface area contributed by atoms with Gasteiger partial charge in [-0.2, -0.15) is 0 Å². The molecule has 3 aromatic rings. The first-order chi connectivity index (χ1) is 14.3. The number of nitrogens with one attached hydrogen (secondary N) is 1. The lowest BCUT2D eigenvalue weighted by Gasteiger charge is -2.34. The fourth-order valence-electron chi connectivity index (χ4n) is 4.19. The predicted molar refractivity (Wildman–Crippen MR) is 115 cm³/mol. The molecule has 0 atom stereocenters. The third-order valence-electron chi connectivity index (χ3n) is 5.75. The van der Waals surface area contributed by atoms with Crippen LogP contribution in [-0.4, -0.2) is 44.8 Å². The Hall–Kier alpha value is -3.07. The van der Waals surface area contributed by atoms with Gasteiger partial charge >= 0.3 is 0 Å². The number of aromatic amines is 1. The topological polar surface area (TPSA) is 106 Å². The van der Waals surface area contributed by atoms with Crippen LogP contribution in [0.4, 0.5) is 11.4 Å². The van der Waals surface area contributed by atoms with Gasteiger partial charge in [0, 0.05) is 48.6 Å². The molecule has 1 aliphatic heterocycles. The zero-order valence-corrected chi connectivity index (χ0v) is 17.6. The van der Waals surface area contributed by atoms with Crippen molar-refractivity contribution >= 4 is 32.1 Å². The number of ether oxygens (including phenoxy) is 1. The van der Waals surface area contributed by atoms with Gasteiger partial charge in [0.1, 0.15) is 5.75 Å². The van der Waals surface area contributed by atoms with E-state index in [1.54, 1.807) is 13.2 Å². The third kappa shape index (κ3) is 3.72. The van der Waals surface area contributed by atoms with Crippen molar-refractivity contribution in [2.24, 2.45) is 0 Å². The molecule has 1 aliphatic rings. The van der Waals surface area contributed by atoms with Gasteiger partial charge in [-0.25, -0.2) is 8.42 Å². The van der Waals surface area contributed by atoms with Crippen molar-refractivity contribution < 1.29 is 18.1 Å². The monoisotopic (exact) mass is 429 g/mol. The van der Waals surface area contributed by atoms with Gasteiger partial charge in [0.05, 0.1) is 22.6 Å². The Labute approximate surface area is 174 Å². The number of methoxy groups -OCH3 is 1. The van der Waals surface area contributed by atoms with Crippen LogP contribution in [0.15, 0.2) is 47.5 Å². The van der Waals surface area contributed by atoms with E-state index in [0.29, 0.717) is 24.7 Å². The highest BCUT2D eigenvalue weighted by Gasteiger charge is 2.27. The summed E-state index contributed by atoms with van der Waals surface area (Å²) in [6.07, 6.45) is 4.83. The number of anilines is 1. The standard InChI is InChI=1S/C21H23N3O5S/c1-29-16-4-5-19-17(12-16)18(13-22-19)14-7-9-23(10-8-14)20-6-3-15(24(25)26)11-21(20)30(2,27)28/h3-6,11-14,22H,7-10H2,1-2H3. The van der Waals surface area contributed by atoms with Crippen molar-refractivity contribution in [2.45, 2.75) is 23.7 Å². The number of benzene rings is 2. The van der Waals surface area contributed by atoms with Crippen molar-refractivity contribution in [3.63, 3.8) is 0 Å². The zero-order chi connectivity index (χ0) is 21.5. The molecule has 30 heavy (non-hydrogen) atoms. The molecule has 0 spiro atoms. The quantitative estimate of drug-likeness (QED) is 0.487. The van der Waals surface area contributed by atoms with Crippen molar-refractivity contribution in [3.05, 3.63) is 58.3 Å². The average Bonchev–Trinajstić information content (AvgIpc) is 3.16. The van der Waals surface area contributed by atoms with Gasteiger partial charge in [-0.05, 0) is 48.6 Å². The normalized spacial score (nSPS) is 15.5. The van der Waals surface area contributed by atoms with Crippen LogP contribution in [0.1, 0.15) is 24.3 Å². The van der Waals surface area contributed by atoms with Crippen molar-refractivity contribution in [1.82, 2.24) is 4.98 Å². The average molecular weight is 429 g/mol. The molecule has 9 heteroatoms. The second-order valence-corrected chi connectivity index (χ2v) is 9.58. The molecule has 158 valence electrons. The van der Waals surface area contributed by atoms with Crippen LogP contribution in [0, 0.1) is 10.1 Å². The van der Waals surface area contributed by atoms with Crippen LogP contribution < -0.4 is 9.64 Å². The maximum atomic E-state index is 12.3. The zero-order valence-electron chi connectivity index (χ0n) is 16.8. The lowest BCUT2D eigenvalue weighted by molar-refractivity contribution is -0.385. The van der Waals surface area contributed by atoms with Crippen LogP contribution in [0.3, 0.4) is 0 Å². The highest BCUT2D eigenvalue weighted by atomic mass is 32.2. The molecular weight excluding hydrogens is 406 g/mol. The van der Waals surface area contributed by atoms with E-state index in [-0.39, 0.29) is 10.6 Å². The number of H-pyrrole nitrogens is 1. The lowest BCUT2D eigenvalue weighted by atomic mass is 9.89. The summed E-state index contributed by atoms with van der Waals surface area (Å²) in [5.41, 5.74) is 2.60. The molecule has 0 saturated carbocycles. The van der Waals surface area contributed by atoms with E-state index < -0.39 is 14.8 Å². The minimum atomic E-state index is -3.60. The molecule has 0 aliphatic carbocycles.